The number of benzene rings is 3. The molecule has 0 spiro atoms. The molecular formula is C24H22FNO4. The number of amides is 1. The Bertz CT molecular complexity index is 1070. The van der Waals surface area contributed by atoms with E-state index in [2.05, 4.69) is 0 Å². The first kappa shape index (κ1) is 19.8. The molecule has 0 unspecified atom stereocenters. The number of carbonyl (C=O) groups is 1. The number of aryl methyl sites for hydroxylation is 1. The third kappa shape index (κ3) is 3.24. The standard InChI is InChI=1S/C24H22FNO4/c1-14-5-6-15-10-16-7-8-18(25)13-20(16)26(19(15)9-14)24(27)17-11-21(28-2)23(30-4)22(12-17)29-3/h5-9,11-13H,10H2,1-4H3. The highest BCUT2D eigenvalue weighted by atomic mass is 19.1. The number of halogens is 1. The normalized spacial score (nSPS) is 12.1. The third-order valence-corrected chi connectivity index (χ3v) is 5.27. The summed E-state index contributed by atoms with van der Waals surface area (Å²) in [5.74, 6) is 0.445. The summed E-state index contributed by atoms with van der Waals surface area (Å²) in [6, 6.07) is 13.7. The molecule has 1 aliphatic rings. The molecule has 0 bridgehead atoms. The van der Waals surface area contributed by atoms with Gasteiger partial charge < -0.3 is 14.2 Å². The van der Waals surface area contributed by atoms with E-state index in [0.717, 1.165) is 22.4 Å². The van der Waals surface area contributed by atoms with Gasteiger partial charge in [0.05, 0.1) is 32.7 Å². The molecule has 0 fully saturated rings. The number of ether oxygens (including phenoxy) is 3. The van der Waals surface area contributed by atoms with Gasteiger partial charge in [-0.15, -0.1) is 0 Å². The Balaban J connectivity index is 1.91. The fourth-order valence-corrected chi connectivity index (χ4v) is 3.81. The number of fused-ring (bicyclic) bond motifs is 2. The molecule has 3 aromatic rings. The van der Waals surface area contributed by atoms with Crippen molar-refractivity contribution >= 4 is 17.3 Å². The predicted octanol–water partition coefficient (Wildman–Crippen LogP) is 5.04. The first-order valence-electron chi connectivity index (χ1n) is 9.49. The summed E-state index contributed by atoms with van der Waals surface area (Å²) >= 11 is 0. The van der Waals surface area contributed by atoms with Crippen LogP contribution < -0.4 is 19.1 Å². The lowest BCUT2D eigenvalue weighted by Gasteiger charge is -2.32. The first-order valence-corrected chi connectivity index (χ1v) is 9.49. The van der Waals surface area contributed by atoms with Gasteiger partial charge in [-0.25, -0.2) is 4.39 Å². The van der Waals surface area contributed by atoms with Crippen LogP contribution in [0.3, 0.4) is 0 Å². The van der Waals surface area contributed by atoms with Gasteiger partial charge in [-0.05, 0) is 53.9 Å². The number of anilines is 2. The largest absolute Gasteiger partial charge is 0.493 e. The maximum absolute atomic E-state index is 14.1. The number of hydrogen-bond donors (Lipinski definition) is 0. The topological polar surface area (TPSA) is 48.0 Å². The average Bonchev–Trinajstić information content (AvgIpc) is 2.76. The zero-order valence-corrected chi connectivity index (χ0v) is 17.3. The van der Waals surface area contributed by atoms with Crippen LogP contribution in [0.15, 0.2) is 48.5 Å². The van der Waals surface area contributed by atoms with E-state index in [1.807, 2.05) is 25.1 Å². The minimum absolute atomic E-state index is 0.312. The van der Waals surface area contributed by atoms with Crippen molar-refractivity contribution in [2.24, 2.45) is 0 Å². The van der Waals surface area contributed by atoms with Crippen molar-refractivity contribution in [3.05, 3.63) is 76.6 Å². The van der Waals surface area contributed by atoms with E-state index in [1.54, 1.807) is 23.1 Å². The molecule has 5 nitrogen and oxygen atoms in total. The molecule has 0 saturated heterocycles. The molecule has 0 saturated carbocycles. The van der Waals surface area contributed by atoms with Crippen LogP contribution in [0.4, 0.5) is 15.8 Å². The first-order chi connectivity index (χ1) is 14.5. The number of rotatable bonds is 4. The van der Waals surface area contributed by atoms with Crippen molar-refractivity contribution in [1.29, 1.82) is 0 Å². The Kier molecular flexibility index (Phi) is 5.08. The van der Waals surface area contributed by atoms with Gasteiger partial charge in [-0.2, -0.15) is 0 Å². The van der Waals surface area contributed by atoms with Crippen molar-refractivity contribution in [3.8, 4) is 17.2 Å². The highest BCUT2D eigenvalue weighted by Crippen LogP contribution is 2.43. The van der Waals surface area contributed by atoms with E-state index in [0.29, 0.717) is 34.9 Å². The SMILES string of the molecule is COc1cc(C(=O)N2c3cc(C)ccc3Cc3ccc(F)cc32)cc(OC)c1OC. The maximum atomic E-state index is 14.1. The molecule has 1 heterocycles. The van der Waals surface area contributed by atoms with Crippen LogP contribution in [0, 0.1) is 12.7 Å². The van der Waals surface area contributed by atoms with Crippen LogP contribution in [0.5, 0.6) is 17.2 Å². The lowest BCUT2D eigenvalue weighted by Crippen LogP contribution is -2.30. The Labute approximate surface area is 174 Å². The monoisotopic (exact) mass is 407 g/mol. The van der Waals surface area contributed by atoms with E-state index in [1.165, 1.54) is 33.5 Å². The van der Waals surface area contributed by atoms with Crippen molar-refractivity contribution in [1.82, 2.24) is 0 Å². The van der Waals surface area contributed by atoms with E-state index in [4.69, 9.17) is 14.2 Å². The molecule has 3 aromatic carbocycles. The summed E-state index contributed by atoms with van der Waals surface area (Å²) in [6.45, 7) is 1.96. The minimum atomic E-state index is -0.396. The van der Waals surface area contributed by atoms with Gasteiger partial charge in [-0.1, -0.05) is 18.2 Å². The molecule has 0 aromatic heterocycles. The summed E-state index contributed by atoms with van der Waals surface area (Å²) in [7, 11) is 4.50. The van der Waals surface area contributed by atoms with Gasteiger partial charge in [0.25, 0.3) is 5.91 Å². The fourth-order valence-electron chi connectivity index (χ4n) is 3.81. The van der Waals surface area contributed by atoms with Gasteiger partial charge in [-0.3, -0.25) is 9.69 Å². The van der Waals surface area contributed by atoms with E-state index in [-0.39, 0.29) is 5.91 Å². The second kappa shape index (κ2) is 7.71. The van der Waals surface area contributed by atoms with E-state index >= 15 is 0 Å². The van der Waals surface area contributed by atoms with Crippen molar-refractivity contribution < 1.29 is 23.4 Å². The van der Waals surface area contributed by atoms with Crippen LogP contribution in [0.25, 0.3) is 0 Å². The van der Waals surface area contributed by atoms with E-state index in [9.17, 15) is 9.18 Å². The molecule has 0 radical (unpaired) electrons. The van der Waals surface area contributed by atoms with Gasteiger partial charge in [0, 0.05) is 12.0 Å². The fraction of sp³-hybridized carbons (Fsp3) is 0.208. The summed E-state index contributed by atoms with van der Waals surface area (Å²) in [6.07, 6.45) is 0.629. The zero-order chi connectivity index (χ0) is 21.4. The Morgan fingerprint density at radius 1 is 0.867 bits per heavy atom. The molecule has 154 valence electrons. The molecule has 1 aliphatic heterocycles. The molecule has 4 rings (SSSR count). The van der Waals surface area contributed by atoms with Crippen molar-refractivity contribution in [3.63, 3.8) is 0 Å². The second-order valence-electron chi connectivity index (χ2n) is 7.14. The lowest BCUT2D eigenvalue weighted by atomic mass is 9.93. The van der Waals surface area contributed by atoms with Crippen LogP contribution in [-0.2, 0) is 6.42 Å². The Morgan fingerprint density at radius 2 is 1.47 bits per heavy atom. The van der Waals surface area contributed by atoms with E-state index < -0.39 is 5.82 Å². The predicted molar refractivity (Wildman–Crippen MR) is 113 cm³/mol. The Morgan fingerprint density at radius 3 is 2.07 bits per heavy atom. The molecule has 0 aliphatic carbocycles. The summed E-state index contributed by atoms with van der Waals surface area (Å²) in [5, 5.41) is 0. The van der Waals surface area contributed by atoms with Crippen molar-refractivity contribution in [2.75, 3.05) is 26.2 Å². The summed E-state index contributed by atoms with van der Waals surface area (Å²) in [4.78, 5) is 15.3. The molecule has 6 heteroatoms. The number of methoxy groups -OCH3 is 3. The lowest BCUT2D eigenvalue weighted by molar-refractivity contribution is 0.0997. The van der Waals surface area contributed by atoms with Crippen LogP contribution in [0.2, 0.25) is 0 Å². The molecule has 0 N–H and O–H groups in total. The molecular weight excluding hydrogens is 385 g/mol. The zero-order valence-electron chi connectivity index (χ0n) is 17.3. The number of hydrogen-bond acceptors (Lipinski definition) is 4. The van der Waals surface area contributed by atoms with Crippen molar-refractivity contribution in [2.45, 2.75) is 13.3 Å². The summed E-state index contributed by atoms with van der Waals surface area (Å²) in [5.41, 5.74) is 4.51. The average molecular weight is 407 g/mol. The van der Waals surface area contributed by atoms with Gasteiger partial charge in [0.2, 0.25) is 5.75 Å². The Hall–Kier alpha value is -3.54. The maximum Gasteiger partial charge on any atom is 0.263 e. The number of nitrogens with zero attached hydrogens (tertiary/aromatic N) is 1. The van der Waals surface area contributed by atoms with Crippen LogP contribution >= 0.6 is 0 Å². The molecule has 30 heavy (non-hydrogen) atoms. The highest BCUT2D eigenvalue weighted by molar-refractivity contribution is 6.13. The second-order valence-corrected chi connectivity index (χ2v) is 7.14. The molecule has 0 atom stereocenters. The summed E-state index contributed by atoms with van der Waals surface area (Å²) < 4.78 is 30.3. The van der Waals surface area contributed by atoms with Gasteiger partial charge >= 0.3 is 0 Å². The van der Waals surface area contributed by atoms with Crippen LogP contribution in [0.1, 0.15) is 27.0 Å². The highest BCUT2D eigenvalue weighted by Gasteiger charge is 2.30. The van der Waals surface area contributed by atoms with Crippen LogP contribution in [-0.4, -0.2) is 27.2 Å². The molecule has 1 amide bonds. The van der Waals surface area contributed by atoms with Gasteiger partial charge in [0.15, 0.2) is 11.5 Å². The third-order valence-electron chi connectivity index (χ3n) is 5.27. The quantitative estimate of drug-likeness (QED) is 0.608. The van der Waals surface area contributed by atoms with Gasteiger partial charge in [0.1, 0.15) is 5.82 Å². The smallest absolute Gasteiger partial charge is 0.263 e. The number of carbonyl (C=O) groups excluding carboxylic acids is 1. The minimum Gasteiger partial charge on any atom is -0.493 e.